The Morgan fingerprint density at radius 3 is 2.57 bits per heavy atom. The number of carbonyl (C=O) groups is 1. The molecular weight excluding hydrogens is 284 g/mol. The Hall–Kier alpha value is -1.22. The van der Waals surface area contributed by atoms with Crippen LogP contribution in [0.5, 0.6) is 0 Å². The Balaban J connectivity index is 1.76. The molecule has 3 nitrogen and oxygen atoms in total. The van der Waals surface area contributed by atoms with E-state index in [4.69, 9.17) is 17.3 Å². The van der Waals surface area contributed by atoms with Crippen LogP contribution >= 0.6 is 11.6 Å². The number of benzene rings is 1. The van der Waals surface area contributed by atoms with Crippen molar-refractivity contribution in [3.63, 3.8) is 0 Å². The molecule has 2 saturated carbocycles. The fourth-order valence-electron chi connectivity index (χ4n) is 3.30. The fourth-order valence-corrected chi connectivity index (χ4v) is 3.51. The molecule has 0 aliphatic heterocycles. The van der Waals surface area contributed by atoms with Crippen LogP contribution in [-0.4, -0.2) is 23.4 Å². The molecule has 114 valence electrons. The number of halogens is 1. The average Bonchev–Trinajstić information content (AvgIpc) is 3.33. The number of anilines is 1. The van der Waals surface area contributed by atoms with Crippen LogP contribution in [0.2, 0.25) is 5.02 Å². The van der Waals surface area contributed by atoms with Gasteiger partial charge in [0.1, 0.15) is 0 Å². The molecule has 1 aromatic carbocycles. The molecule has 1 aromatic rings. The molecule has 2 fully saturated rings. The molecule has 4 heteroatoms. The maximum absolute atomic E-state index is 12.9. The molecular formula is C17H23ClN2O. The van der Waals surface area contributed by atoms with Crippen LogP contribution in [0.1, 0.15) is 55.3 Å². The minimum atomic E-state index is 0.0559. The van der Waals surface area contributed by atoms with Gasteiger partial charge < -0.3 is 10.6 Å². The van der Waals surface area contributed by atoms with Gasteiger partial charge in [-0.2, -0.15) is 0 Å². The number of carbonyl (C=O) groups excluding carboxylic acids is 1. The van der Waals surface area contributed by atoms with E-state index in [0.717, 1.165) is 19.4 Å². The van der Waals surface area contributed by atoms with Gasteiger partial charge in [-0.05, 0) is 43.7 Å². The van der Waals surface area contributed by atoms with Crippen LogP contribution in [0.3, 0.4) is 0 Å². The Labute approximate surface area is 131 Å². The standard InChI is InChI=1S/C17H23ClN2O/c18-16-14(7-4-8-15(16)19)17(21)20(13-9-10-13)11-12-5-2-1-3-6-12/h4,7-8,12-13H,1-3,5-6,9-11,19H2. The summed E-state index contributed by atoms with van der Waals surface area (Å²) in [5.74, 6) is 0.712. The fraction of sp³-hybridized carbons (Fsp3) is 0.588. The summed E-state index contributed by atoms with van der Waals surface area (Å²) in [6, 6.07) is 5.75. The van der Waals surface area contributed by atoms with Crippen LogP contribution < -0.4 is 5.73 Å². The van der Waals surface area contributed by atoms with Gasteiger partial charge in [-0.25, -0.2) is 0 Å². The summed E-state index contributed by atoms with van der Waals surface area (Å²) in [7, 11) is 0. The summed E-state index contributed by atoms with van der Waals surface area (Å²) < 4.78 is 0. The lowest BCUT2D eigenvalue weighted by molar-refractivity contribution is 0.0699. The summed E-state index contributed by atoms with van der Waals surface area (Å²) in [4.78, 5) is 14.9. The number of nitrogen functional groups attached to an aromatic ring is 1. The van der Waals surface area contributed by atoms with Crippen LogP contribution in [0, 0.1) is 5.92 Å². The Bertz CT molecular complexity index is 522. The number of rotatable bonds is 4. The Morgan fingerprint density at radius 2 is 1.90 bits per heavy atom. The van der Waals surface area contributed by atoms with Gasteiger partial charge in [0.05, 0.1) is 16.3 Å². The highest BCUT2D eigenvalue weighted by Crippen LogP contribution is 2.34. The summed E-state index contributed by atoms with van der Waals surface area (Å²) in [6.45, 7) is 0.884. The van der Waals surface area contributed by atoms with Crippen molar-refractivity contribution in [2.24, 2.45) is 5.92 Å². The van der Waals surface area contributed by atoms with E-state index in [1.165, 1.54) is 32.1 Å². The lowest BCUT2D eigenvalue weighted by atomic mass is 9.88. The van der Waals surface area contributed by atoms with Crippen molar-refractivity contribution in [2.45, 2.75) is 51.0 Å². The molecule has 21 heavy (non-hydrogen) atoms. The third-order valence-electron chi connectivity index (χ3n) is 4.69. The summed E-state index contributed by atoms with van der Waals surface area (Å²) in [5, 5.41) is 0.400. The van der Waals surface area contributed by atoms with E-state index in [-0.39, 0.29) is 5.91 Å². The minimum Gasteiger partial charge on any atom is -0.398 e. The SMILES string of the molecule is Nc1cccc(C(=O)N(CC2CCCCC2)C2CC2)c1Cl. The molecule has 2 aliphatic carbocycles. The van der Waals surface area contributed by atoms with Gasteiger partial charge >= 0.3 is 0 Å². The zero-order valence-electron chi connectivity index (χ0n) is 12.4. The predicted octanol–water partition coefficient (Wildman–Crippen LogP) is 4.11. The monoisotopic (exact) mass is 306 g/mol. The van der Waals surface area contributed by atoms with E-state index < -0.39 is 0 Å². The first-order valence-corrected chi connectivity index (χ1v) is 8.39. The predicted molar refractivity (Wildman–Crippen MR) is 86.5 cm³/mol. The Morgan fingerprint density at radius 1 is 1.19 bits per heavy atom. The minimum absolute atomic E-state index is 0.0559. The number of nitrogens with two attached hydrogens (primary N) is 1. The molecule has 2 aliphatic rings. The molecule has 0 heterocycles. The van der Waals surface area contributed by atoms with Gasteiger partial charge in [0.15, 0.2) is 0 Å². The zero-order chi connectivity index (χ0) is 14.8. The quantitative estimate of drug-likeness (QED) is 0.851. The van der Waals surface area contributed by atoms with Gasteiger partial charge in [-0.1, -0.05) is 36.9 Å². The molecule has 0 unspecified atom stereocenters. The van der Waals surface area contributed by atoms with E-state index in [0.29, 0.717) is 28.2 Å². The largest absolute Gasteiger partial charge is 0.398 e. The van der Waals surface area contributed by atoms with Crippen LogP contribution in [0.25, 0.3) is 0 Å². The van der Waals surface area contributed by atoms with Crippen molar-refractivity contribution in [1.29, 1.82) is 0 Å². The number of amides is 1. The number of nitrogens with zero attached hydrogens (tertiary/aromatic N) is 1. The summed E-state index contributed by atoms with van der Waals surface area (Å²) >= 11 is 6.23. The zero-order valence-corrected chi connectivity index (χ0v) is 13.1. The van der Waals surface area contributed by atoms with Gasteiger partial charge in [-0.15, -0.1) is 0 Å². The van der Waals surface area contributed by atoms with Gasteiger partial charge in [0.25, 0.3) is 5.91 Å². The van der Waals surface area contributed by atoms with Crippen LogP contribution in [-0.2, 0) is 0 Å². The molecule has 0 saturated heterocycles. The molecule has 0 bridgehead atoms. The third kappa shape index (κ3) is 3.34. The van der Waals surface area contributed by atoms with Crippen LogP contribution in [0.15, 0.2) is 18.2 Å². The molecule has 2 N–H and O–H groups in total. The van der Waals surface area contributed by atoms with Gasteiger partial charge in [-0.3, -0.25) is 4.79 Å². The van der Waals surface area contributed by atoms with E-state index >= 15 is 0 Å². The van der Waals surface area contributed by atoms with Gasteiger partial charge in [0, 0.05) is 12.6 Å². The number of hydrogen-bond donors (Lipinski definition) is 1. The summed E-state index contributed by atoms with van der Waals surface area (Å²) in [6.07, 6.45) is 8.70. The molecule has 0 aromatic heterocycles. The highest BCUT2D eigenvalue weighted by atomic mass is 35.5. The van der Waals surface area contributed by atoms with Crippen molar-refractivity contribution in [3.8, 4) is 0 Å². The van der Waals surface area contributed by atoms with E-state index in [1.807, 2.05) is 0 Å². The maximum atomic E-state index is 12.9. The first kappa shape index (κ1) is 14.7. The van der Waals surface area contributed by atoms with Crippen molar-refractivity contribution >= 4 is 23.2 Å². The van der Waals surface area contributed by atoms with E-state index in [9.17, 15) is 4.79 Å². The van der Waals surface area contributed by atoms with Crippen molar-refractivity contribution in [3.05, 3.63) is 28.8 Å². The highest BCUT2D eigenvalue weighted by Gasteiger charge is 2.35. The smallest absolute Gasteiger partial charge is 0.255 e. The van der Waals surface area contributed by atoms with Crippen molar-refractivity contribution < 1.29 is 4.79 Å². The maximum Gasteiger partial charge on any atom is 0.255 e. The van der Waals surface area contributed by atoms with E-state index in [2.05, 4.69) is 4.90 Å². The van der Waals surface area contributed by atoms with Crippen molar-refractivity contribution in [1.82, 2.24) is 4.90 Å². The second-order valence-electron chi connectivity index (χ2n) is 6.40. The highest BCUT2D eigenvalue weighted by molar-refractivity contribution is 6.36. The topological polar surface area (TPSA) is 46.3 Å². The molecule has 0 spiro atoms. The molecule has 1 amide bonds. The van der Waals surface area contributed by atoms with E-state index in [1.54, 1.807) is 18.2 Å². The van der Waals surface area contributed by atoms with Gasteiger partial charge in [0.2, 0.25) is 0 Å². The molecule has 0 radical (unpaired) electrons. The lowest BCUT2D eigenvalue weighted by Crippen LogP contribution is -2.38. The first-order chi connectivity index (χ1) is 10.2. The van der Waals surface area contributed by atoms with Crippen LogP contribution in [0.4, 0.5) is 5.69 Å². The normalized spacial score (nSPS) is 19.5. The third-order valence-corrected chi connectivity index (χ3v) is 5.11. The second-order valence-corrected chi connectivity index (χ2v) is 6.78. The number of hydrogen-bond acceptors (Lipinski definition) is 2. The molecule has 0 atom stereocenters. The first-order valence-electron chi connectivity index (χ1n) is 8.02. The summed E-state index contributed by atoms with van der Waals surface area (Å²) in [5.41, 5.74) is 6.87. The Kier molecular flexibility index (Phi) is 4.39. The van der Waals surface area contributed by atoms with Crippen molar-refractivity contribution in [2.75, 3.05) is 12.3 Å². The second kappa shape index (κ2) is 6.27. The average molecular weight is 307 g/mol. The molecule has 3 rings (SSSR count). The lowest BCUT2D eigenvalue weighted by Gasteiger charge is -2.30.